The molecule has 3 heterocycles. The molecule has 1 fully saturated rings. The molecule has 1 saturated heterocycles. The van der Waals surface area contributed by atoms with Crippen LogP contribution in [0.4, 0.5) is 13.2 Å². The van der Waals surface area contributed by atoms with Crippen LogP contribution in [0.15, 0.2) is 24.3 Å². The Labute approximate surface area is 187 Å². The number of amides is 1. The molecule has 0 aliphatic carbocycles. The van der Waals surface area contributed by atoms with E-state index in [9.17, 15) is 18.0 Å². The molecule has 0 saturated carbocycles. The zero-order valence-corrected chi connectivity index (χ0v) is 18.9. The van der Waals surface area contributed by atoms with E-state index in [4.69, 9.17) is 0 Å². The minimum Gasteiger partial charge on any atom is -0.337 e. The molecule has 5 nitrogen and oxygen atoms in total. The molecule has 1 N–H and O–H groups in total. The quantitative estimate of drug-likeness (QED) is 0.704. The smallest absolute Gasteiger partial charge is 0.337 e. The lowest BCUT2D eigenvalue weighted by Crippen LogP contribution is -2.42. The highest BCUT2D eigenvalue weighted by Crippen LogP contribution is 2.39. The van der Waals surface area contributed by atoms with Crippen molar-refractivity contribution < 1.29 is 18.0 Å². The van der Waals surface area contributed by atoms with E-state index in [1.54, 1.807) is 17.0 Å². The average Bonchev–Trinajstić information content (AvgIpc) is 3.01. The summed E-state index contributed by atoms with van der Waals surface area (Å²) in [6.45, 7) is 9.01. The lowest BCUT2D eigenvalue weighted by atomic mass is 9.86. The zero-order valence-electron chi connectivity index (χ0n) is 18.9. The van der Waals surface area contributed by atoms with Crippen molar-refractivity contribution in [1.82, 2.24) is 20.0 Å². The fourth-order valence-corrected chi connectivity index (χ4v) is 4.90. The summed E-state index contributed by atoms with van der Waals surface area (Å²) < 4.78 is 40.3. The third-order valence-corrected chi connectivity index (χ3v) is 6.80. The van der Waals surface area contributed by atoms with Gasteiger partial charge in [0.15, 0.2) is 5.69 Å². The molecule has 2 aliphatic rings. The van der Waals surface area contributed by atoms with Crippen LogP contribution in [0.1, 0.15) is 78.8 Å². The number of aromatic nitrogens is 2. The van der Waals surface area contributed by atoms with Crippen LogP contribution in [0.5, 0.6) is 0 Å². The summed E-state index contributed by atoms with van der Waals surface area (Å²) in [7, 11) is 0. The summed E-state index contributed by atoms with van der Waals surface area (Å²) in [6, 6.07) is 5.80. The van der Waals surface area contributed by atoms with Gasteiger partial charge in [0.1, 0.15) is 0 Å². The van der Waals surface area contributed by atoms with Crippen molar-refractivity contribution in [1.29, 1.82) is 0 Å². The molecule has 32 heavy (non-hydrogen) atoms. The molecule has 0 spiro atoms. The molecule has 0 bridgehead atoms. The van der Waals surface area contributed by atoms with Gasteiger partial charge < -0.3 is 4.90 Å². The van der Waals surface area contributed by atoms with E-state index < -0.39 is 11.7 Å². The van der Waals surface area contributed by atoms with Gasteiger partial charge in [0, 0.05) is 36.4 Å². The van der Waals surface area contributed by atoms with Crippen molar-refractivity contribution in [2.75, 3.05) is 19.6 Å². The van der Waals surface area contributed by atoms with Crippen LogP contribution in [-0.4, -0.2) is 51.1 Å². The van der Waals surface area contributed by atoms with Crippen molar-refractivity contribution in [3.63, 3.8) is 0 Å². The third kappa shape index (κ3) is 4.56. The molecule has 174 valence electrons. The van der Waals surface area contributed by atoms with E-state index in [0.29, 0.717) is 43.7 Å². The van der Waals surface area contributed by atoms with Gasteiger partial charge in [-0.15, -0.1) is 0 Å². The van der Waals surface area contributed by atoms with Gasteiger partial charge in [-0.25, -0.2) is 0 Å². The van der Waals surface area contributed by atoms with Crippen LogP contribution in [0.25, 0.3) is 0 Å². The Morgan fingerprint density at radius 2 is 1.78 bits per heavy atom. The van der Waals surface area contributed by atoms with E-state index in [-0.39, 0.29) is 17.4 Å². The normalized spacial score (nSPS) is 19.0. The van der Waals surface area contributed by atoms with Crippen molar-refractivity contribution in [3.05, 3.63) is 52.3 Å². The first-order valence-electron chi connectivity index (χ1n) is 11.3. The van der Waals surface area contributed by atoms with Gasteiger partial charge in [-0.2, -0.15) is 18.3 Å². The number of alkyl halides is 3. The monoisotopic (exact) mass is 448 g/mol. The minimum absolute atomic E-state index is 0.0105. The molecule has 1 aromatic heterocycles. The molecule has 2 aliphatic heterocycles. The first-order valence-corrected chi connectivity index (χ1v) is 11.3. The van der Waals surface area contributed by atoms with Crippen LogP contribution in [-0.2, 0) is 19.1 Å². The lowest BCUT2D eigenvalue weighted by molar-refractivity contribution is -0.138. The Hall–Kier alpha value is -2.35. The number of fused-ring (bicyclic) bond motifs is 1. The number of carbonyl (C=O) groups excluding carboxylic acids is 1. The molecule has 2 aromatic rings. The number of nitrogens with one attached hydrogen (secondary N) is 1. The molecular formula is C24H31F3N4O. The summed E-state index contributed by atoms with van der Waals surface area (Å²) in [5.74, 6) is -0.328. The summed E-state index contributed by atoms with van der Waals surface area (Å²) in [4.78, 5) is 17.4. The summed E-state index contributed by atoms with van der Waals surface area (Å²) in [6.07, 6.45) is -1.48. The largest absolute Gasteiger partial charge is 0.416 e. The van der Waals surface area contributed by atoms with Crippen LogP contribution < -0.4 is 0 Å². The van der Waals surface area contributed by atoms with E-state index in [1.807, 2.05) is 0 Å². The SMILES string of the molecule is CC(C)(C)N1CCCc2[nH]nc(C(=O)N3CCC(c4ccccc4C(F)(F)F)CC3)c2C1. The van der Waals surface area contributed by atoms with Gasteiger partial charge in [-0.1, -0.05) is 18.2 Å². The topological polar surface area (TPSA) is 52.2 Å². The summed E-state index contributed by atoms with van der Waals surface area (Å²) in [5, 5.41) is 7.43. The van der Waals surface area contributed by atoms with E-state index in [0.717, 1.165) is 36.7 Å². The maximum Gasteiger partial charge on any atom is 0.416 e. The van der Waals surface area contributed by atoms with Crippen LogP contribution >= 0.6 is 0 Å². The number of hydrogen-bond acceptors (Lipinski definition) is 3. The van der Waals surface area contributed by atoms with Gasteiger partial charge >= 0.3 is 6.18 Å². The number of nitrogens with zero attached hydrogens (tertiary/aromatic N) is 3. The summed E-state index contributed by atoms with van der Waals surface area (Å²) in [5.41, 5.74) is 2.21. The van der Waals surface area contributed by atoms with Crippen LogP contribution in [0.2, 0.25) is 0 Å². The molecule has 1 aromatic carbocycles. The standard InChI is InChI=1S/C24H31F3N4O/c1-23(2,3)31-12-6-9-20-18(15-31)21(29-28-20)22(32)30-13-10-16(11-14-30)17-7-4-5-8-19(17)24(25,26)27/h4-5,7-8,16H,6,9-15H2,1-3H3,(H,28,29). The van der Waals surface area contributed by atoms with Crippen molar-refractivity contribution in [2.45, 2.75) is 70.6 Å². The molecule has 1 amide bonds. The predicted octanol–water partition coefficient (Wildman–Crippen LogP) is 5.00. The number of piperidine rings is 1. The van der Waals surface area contributed by atoms with Gasteiger partial charge in [0.05, 0.1) is 5.56 Å². The highest BCUT2D eigenvalue weighted by Gasteiger charge is 2.37. The molecule has 0 radical (unpaired) electrons. The number of likely N-dealkylation sites (tertiary alicyclic amines) is 1. The van der Waals surface area contributed by atoms with Crippen molar-refractivity contribution in [3.8, 4) is 0 Å². The number of benzene rings is 1. The molecule has 8 heteroatoms. The first kappa shape index (κ1) is 22.8. The number of hydrogen-bond donors (Lipinski definition) is 1. The predicted molar refractivity (Wildman–Crippen MR) is 116 cm³/mol. The Bertz CT molecular complexity index is 968. The maximum atomic E-state index is 13.4. The molecule has 0 unspecified atom stereocenters. The van der Waals surface area contributed by atoms with Gasteiger partial charge in [0.25, 0.3) is 5.91 Å². The molecular weight excluding hydrogens is 417 g/mol. The number of rotatable bonds is 2. The second-order valence-corrected chi connectivity index (χ2v) is 9.88. The van der Waals surface area contributed by atoms with Crippen molar-refractivity contribution in [2.24, 2.45) is 0 Å². The highest BCUT2D eigenvalue weighted by molar-refractivity contribution is 5.94. The Balaban J connectivity index is 1.49. The maximum absolute atomic E-state index is 13.4. The Morgan fingerprint density at radius 1 is 1.09 bits per heavy atom. The van der Waals surface area contributed by atoms with Crippen molar-refractivity contribution >= 4 is 5.91 Å². The number of halogens is 3. The number of carbonyl (C=O) groups is 1. The van der Waals surface area contributed by atoms with Crippen LogP contribution in [0.3, 0.4) is 0 Å². The lowest BCUT2D eigenvalue weighted by Gasteiger charge is -2.35. The van der Waals surface area contributed by atoms with E-state index in [1.165, 1.54) is 6.07 Å². The second kappa shape index (κ2) is 8.54. The van der Waals surface area contributed by atoms with Crippen LogP contribution in [0, 0.1) is 0 Å². The van der Waals surface area contributed by atoms with E-state index >= 15 is 0 Å². The number of aromatic amines is 1. The van der Waals surface area contributed by atoms with E-state index in [2.05, 4.69) is 35.9 Å². The fraction of sp³-hybridized carbons (Fsp3) is 0.583. The van der Waals surface area contributed by atoms with Gasteiger partial charge in [-0.05, 0) is 70.5 Å². The zero-order chi connectivity index (χ0) is 23.1. The molecule has 4 rings (SSSR count). The Morgan fingerprint density at radius 3 is 2.44 bits per heavy atom. The first-order chi connectivity index (χ1) is 15.1. The highest BCUT2D eigenvalue weighted by atomic mass is 19.4. The number of H-pyrrole nitrogens is 1. The average molecular weight is 449 g/mol. The number of aryl methyl sites for hydroxylation is 1. The fourth-order valence-electron chi connectivity index (χ4n) is 4.90. The minimum atomic E-state index is -4.37. The van der Waals surface area contributed by atoms with Gasteiger partial charge in [0.2, 0.25) is 0 Å². The molecule has 0 atom stereocenters. The summed E-state index contributed by atoms with van der Waals surface area (Å²) >= 11 is 0. The van der Waals surface area contributed by atoms with Gasteiger partial charge in [-0.3, -0.25) is 14.8 Å². The third-order valence-electron chi connectivity index (χ3n) is 6.80. The Kier molecular flexibility index (Phi) is 6.09. The second-order valence-electron chi connectivity index (χ2n) is 9.88.